The van der Waals surface area contributed by atoms with Gasteiger partial charge in [0, 0.05) is 18.3 Å². The number of rotatable bonds is 1. The van der Waals surface area contributed by atoms with E-state index in [1.54, 1.807) is 12.5 Å². The van der Waals surface area contributed by atoms with Crippen LogP contribution in [-0.2, 0) is 13.1 Å². The summed E-state index contributed by atoms with van der Waals surface area (Å²) in [6.07, 6.45) is 5.24. The molecule has 0 bridgehead atoms. The maximum absolute atomic E-state index is 5.56. The van der Waals surface area contributed by atoms with Crippen LogP contribution in [0.3, 0.4) is 0 Å². The predicted molar refractivity (Wildman–Crippen MR) is 60.6 cm³/mol. The van der Waals surface area contributed by atoms with E-state index in [1.807, 2.05) is 18.3 Å². The van der Waals surface area contributed by atoms with E-state index in [4.69, 9.17) is 5.73 Å². The molecule has 0 radical (unpaired) electrons. The van der Waals surface area contributed by atoms with E-state index in [2.05, 4.69) is 19.9 Å². The summed E-state index contributed by atoms with van der Waals surface area (Å²) in [5.41, 5.74) is 8.89. The second kappa shape index (κ2) is 3.44. The van der Waals surface area contributed by atoms with Crippen molar-refractivity contribution in [2.24, 2.45) is 0 Å². The van der Waals surface area contributed by atoms with Gasteiger partial charge in [-0.25, -0.2) is 15.0 Å². The first-order chi connectivity index (χ1) is 7.83. The van der Waals surface area contributed by atoms with Crippen LogP contribution in [0.1, 0.15) is 11.3 Å². The SMILES string of the molecule is Nc1ccc(N2Cc3cncnc3C2)cn1. The Balaban J connectivity index is 1.88. The summed E-state index contributed by atoms with van der Waals surface area (Å²) in [6, 6.07) is 3.78. The zero-order valence-electron chi connectivity index (χ0n) is 8.67. The van der Waals surface area contributed by atoms with Gasteiger partial charge in [0.2, 0.25) is 0 Å². The lowest BCUT2D eigenvalue weighted by Gasteiger charge is -2.16. The maximum atomic E-state index is 5.56. The highest BCUT2D eigenvalue weighted by atomic mass is 15.2. The summed E-state index contributed by atoms with van der Waals surface area (Å²) in [5.74, 6) is 0.542. The summed E-state index contributed by atoms with van der Waals surface area (Å²) in [5, 5.41) is 0. The van der Waals surface area contributed by atoms with Gasteiger partial charge in [-0.1, -0.05) is 0 Å². The lowest BCUT2D eigenvalue weighted by molar-refractivity contribution is 0.867. The first-order valence-corrected chi connectivity index (χ1v) is 5.07. The number of hydrogen-bond donors (Lipinski definition) is 1. The van der Waals surface area contributed by atoms with Crippen molar-refractivity contribution in [3.05, 3.63) is 42.1 Å². The van der Waals surface area contributed by atoms with Crippen LogP contribution < -0.4 is 10.6 Å². The van der Waals surface area contributed by atoms with Crippen molar-refractivity contribution in [1.82, 2.24) is 15.0 Å². The fourth-order valence-corrected chi connectivity index (χ4v) is 1.87. The maximum Gasteiger partial charge on any atom is 0.123 e. The van der Waals surface area contributed by atoms with Crippen LogP contribution in [0, 0.1) is 0 Å². The molecule has 2 aromatic heterocycles. The van der Waals surface area contributed by atoms with E-state index >= 15 is 0 Å². The topological polar surface area (TPSA) is 67.9 Å². The molecular formula is C11H11N5. The monoisotopic (exact) mass is 213 g/mol. The summed E-state index contributed by atoms with van der Waals surface area (Å²) in [7, 11) is 0. The largest absolute Gasteiger partial charge is 0.384 e. The molecule has 0 atom stereocenters. The third-order valence-corrected chi connectivity index (χ3v) is 2.72. The highest BCUT2D eigenvalue weighted by molar-refractivity contribution is 5.51. The quantitative estimate of drug-likeness (QED) is 0.764. The van der Waals surface area contributed by atoms with Crippen LogP contribution in [0.5, 0.6) is 0 Å². The number of nitrogen functional groups attached to an aromatic ring is 1. The molecule has 2 N–H and O–H groups in total. The third kappa shape index (κ3) is 1.46. The Hall–Kier alpha value is -2.17. The van der Waals surface area contributed by atoms with Crippen molar-refractivity contribution < 1.29 is 0 Å². The van der Waals surface area contributed by atoms with E-state index in [9.17, 15) is 0 Å². The minimum Gasteiger partial charge on any atom is -0.384 e. The number of aromatic nitrogens is 3. The van der Waals surface area contributed by atoms with Crippen LogP contribution in [0.4, 0.5) is 11.5 Å². The van der Waals surface area contributed by atoms with Gasteiger partial charge in [0.25, 0.3) is 0 Å². The predicted octanol–water partition coefficient (Wildman–Crippen LogP) is 0.974. The number of anilines is 2. The zero-order chi connectivity index (χ0) is 11.0. The Morgan fingerprint density at radius 3 is 2.81 bits per heavy atom. The molecule has 5 nitrogen and oxygen atoms in total. The molecule has 5 heteroatoms. The average Bonchev–Trinajstić information content (AvgIpc) is 2.73. The van der Waals surface area contributed by atoms with Gasteiger partial charge >= 0.3 is 0 Å². The van der Waals surface area contributed by atoms with Gasteiger partial charge in [-0.2, -0.15) is 0 Å². The van der Waals surface area contributed by atoms with Crippen molar-refractivity contribution in [3.8, 4) is 0 Å². The first-order valence-electron chi connectivity index (χ1n) is 5.07. The van der Waals surface area contributed by atoms with Gasteiger partial charge in [0.05, 0.1) is 24.1 Å². The Labute approximate surface area is 93.0 Å². The van der Waals surface area contributed by atoms with Crippen LogP contribution in [0.15, 0.2) is 30.9 Å². The number of nitrogens with zero attached hydrogens (tertiary/aromatic N) is 4. The molecule has 16 heavy (non-hydrogen) atoms. The zero-order valence-corrected chi connectivity index (χ0v) is 8.67. The van der Waals surface area contributed by atoms with Crippen LogP contribution >= 0.6 is 0 Å². The number of nitrogens with two attached hydrogens (primary N) is 1. The van der Waals surface area contributed by atoms with Gasteiger partial charge in [-0.3, -0.25) is 0 Å². The Kier molecular flexibility index (Phi) is 1.96. The van der Waals surface area contributed by atoms with E-state index in [-0.39, 0.29) is 0 Å². The average molecular weight is 213 g/mol. The molecule has 0 amide bonds. The number of hydrogen-bond acceptors (Lipinski definition) is 5. The van der Waals surface area contributed by atoms with Crippen LogP contribution in [-0.4, -0.2) is 15.0 Å². The van der Waals surface area contributed by atoms with Crippen molar-refractivity contribution in [2.45, 2.75) is 13.1 Å². The van der Waals surface area contributed by atoms with Crippen molar-refractivity contribution >= 4 is 11.5 Å². The highest BCUT2D eigenvalue weighted by Gasteiger charge is 2.20. The smallest absolute Gasteiger partial charge is 0.123 e. The fourth-order valence-electron chi connectivity index (χ4n) is 1.87. The summed E-state index contributed by atoms with van der Waals surface area (Å²) < 4.78 is 0. The summed E-state index contributed by atoms with van der Waals surface area (Å²) >= 11 is 0. The first kappa shape index (κ1) is 9.08. The molecule has 2 aromatic rings. The molecule has 3 heterocycles. The standard InChI is InChI=1S/C11H11N5/c12-11-2-1-9(4-14-11)16-5-8-3-13-7-15-10(8)6-16/h1-4,7H,5-6H2,(H2,12,14). The molecule has 3 rings (SSSR count). The number of fused-ring (bicyclic) bond motifs is 1. The van der Waals surface area contributed by atoms with Crippen molar-refractivity contribution in [1.29, 1.82) is 0 Å². The minimum absolute atomic E-state index is 0.542. The molecule has 0 saturated carbocycles. The van der Waals surface area contributed by atoms with Crippen molar-refractivity contribution in [2.75, 3.05) is 10.6 Å². The normalized spacial score (nSPS) is 13.9. The highest BCUT2D eigenvalue weighted by Crippen LogP contribution is 2.25. The second-order valence-electron chi connectivity index (χ2n) is 3.79. The molecular weight excluding hydrogens is 202 g/mol. The van der Waals surface area contributed by atoms with Crippen molar-refractivity contribution in [3.63, 3.8) is 0 Å². The van der Waals surface area contributed by atoms with Crippen LogP contribution in [0.2, 0.25) is 0 Å². The molecule has 0 aromatic carbocycles. The molecule has 0 unspecified atom stereocenters. The van der Waals surface area contributed by atoms with Gasteiger partial charge < -0.3 is 10.6 Å². The molecule has 1 aliphatic rings. The molecule has 0 fully saturated rings. The molecule has 0 saturated heterocycles. The van der Waals surface area contributed by atoms with Gasteiger partial charge in [-0.15, -0.1) is 0 Å². The third-order valence-electron chi connectivity index (χ3n) is 2.72. The Morgan fingerprint density at radius 1 is 1.12 bits per heavy atom. The van der Waals surface area contributed by atoms with E-state index in [0.717, 1.165) is 24.5 Å². The van der Waals surface area contributed by atoms with E-state index in [1.165, 1.54) is 5.56 Å². The summed E-state index contributed by atoms with van der Waals surface area (Å²) in [4.78, 5) is 14.6. The van der Waals surface area contributed by atoms with E-state index in [0.29, 0.717) is 5.82 Å². The van der Waals surface area contributed by atoms with Gasteiger partial charge in [0.1, 0.15) is 12.1 Å². The van der Waals surface area contributed by atoms with Gasteiger partial charge in [0.15, 0.2) is 0 Å². The van der Waals surface area contributed by atoms with E-state index < -0.39 is 0 Å². The Bertz CT molecular complexity index is 483. The number of pyridine rings is 1. The lowest BCUT2D eigenvalue weighted by Crippen LogP contribution is -2.14. The Morgan fingerprint density at radius 2 is 2.06 bits per heavy atom. The molecule has 1 aliphatic heterocycles. The molecule has 80 valence electrons. The van der Waals surface area contributed by atoms with Gasteiger partial charge in [-0.05, 0) is 12.1 Å². The minimum atomic E-state index is 0.542. The fraction of sp³-hybridized carbons (Fsp3) is 0.182. The molecule has 0 aliphatic carbocycles. The second-order valence-corrected chi connectivity index (χ2v) is 3.79. The lowest BCUT2D eigenvalue weighted by atomic mass is 10.3. The van der Waals surface area contributed by atoms with Crippen LogP contribution in [0.25, 0.3) is 0 Å². The molecule has 0 spiro atoms. The summed E-state index contributed by atoms with van der Waals surface area (Å²) in [6.45, 7) is 1.64.